The van der Waals surface area contributed by atoms with Crippen LogP contribution in [0, 0.1) is 0 Å². The summed E-state index contributed by atoms with van der Waals surface area (Å²) < 4.78 is 11.6. The van der Waals surface area contributed by atoms with Crippen LogP contribution >= 0.6 is 0 Å². The molecule has 0 spiro atoms. The molecular formula is C17H38N4O4. The molecule has 3 atom stereocenters. The van der Waals surface area contributed by atoms with E-state index in [9.17, 15) is 9.90 Å². The van der Waals surface area contributed by atoms with E-state index in [1.54, 1.807) is 7.05 Å². The number of aliphatic hydroxyl groups excluding tert-OH is 1. The van der Waals surface area contributed by atoms with Crippen LogP contribution in [0.2, 0.25) is 0 Å². The fourth-order valence-electron chi connectivity index (χ4n) is 2.20. The highest BCUT2D eigenvalue weighted by Gasteiger charge is 2.26. The first-order valence-corrected chi connectivity index (χ1v) is 8.80. The molecule has 0 heterocycles. The summed E-state index contributed by atoms with van der Waals surface area (Å²) in [4.78, 5) is 12.2. The molecule has 8 nitrogen and oxygen atoms in total. The summed E-state index contributed by atoms with van der Waals surface area (Å²) in [5.41, 5.74) is 10.0. The first-order valence-electron chi connectivity index (χ1n) is 8.80. The molecule has 150 valence electrons. The largest absolute Gasteiger partial charge is 0.378 e. The molecule has 1 amide bonds. The number of amides is 1. The lowest BCUT2D eigenvalue weighted by molar-refractivity contribution is -0.129. The smallest absolute Gasteiger partial charge is 0.253 e. The average molecular weight is 363 g/mol. The maximum absolute atomic E-state index is 12.2. The van der Waals surface area contributed by atoms with E-state index in [-0.39, 0.29) is 29.8 Å². The topological polar surface area (TPSA) is 118 Å². The average Bonchev–Trinajstić information content (AvgIpc) is 2.41. The van der Waals surface area contributed by atoms with Gasteiger partial charge in [0, 0.05) is 13.5 Å². The molecule has 0 fully saturated rings. The SMILES string of the molecule is CNNC(=O)[C@H](COC(C)(C)C)NC(O)CC(CCN)OC(C)(C)C. The van der Waals surface area contributed by atoms with Crippen molar-refractivity contribution in [1.29, 1.82) is 0 Å². The van der Waals surface area contributed by atoms with Crippen molar-refractivity contribution in [2.75, 3.05) is 20.2 Å². The number of hydrogen-bond acceptors (Lipinski definition) is 7. The summed E-state index contributed by atoms with van der Waals surface area (Å²) in [6, 6.07) is -0.699. The van der Waals surface area contributed by atoms with Crippen molar-refractivity contribution in [1.82, 2.24) is 16.2 Å². The van der Waals surface area contributed by atoms with Gasteiger partial charge >= 0.3 is 0 Å². The molecule has 2 unspecified atom stereocenters. The molecule has 0 aliphatic rings. The van der Waals surface area contributed by atoms with Gasteiger partial charge in [-0.3, -0.25) is 15.5 Å². The Morgan fingerprint density at radius 3 is 2.20 bits per heavy atom. The van der Waals surface area contributed by atoms with E-state index < -0.39 is 12.3 Å². The number of hydrogen-bond donors (Lipinski definition) is 5. The van der Waals surface area contributed by atoms with E-state index in [1.807, 2.05) is 41.5 Å². The molecule has 0 radical (unpaired) electrons. The molecule has 0 aromatic carbocycles. The first kappa shape index (κ1) is 24.2. The third-order valence-corrected chi connectivity index (χ3v) is 3.14. The van der Waals surface area contributed by atoms with Crippen molar-refractivity contribution in [3.8, 4) is 0 Å². The van der Waals surface area contributed by atoms with Gasteiger partial charge in [-0.15, -0.1) is 0 Å². The zero-order chi connectivity index (χ0) is 19.7. The van der Waals surface area contributed by atoms with Crippen molar-refractivity contribution in [2.45, 2.75) is 84.0 Å². The molecule has 0 aromatic heterocycles. The van der Waals surface area contributed by atoms with Crippen molar-refractivity contribution in [2.24, 2.45) is 5.73 Å². The third kappa shape index (κ3) is 13.1. The summed E-state index contributed by atoms with van der Waals surface area (Å²) in [6.45, 7) is 12.2. The Kier molecular flexibility index (Phi) is 10.7. The summed E-state index contributed by atoms with van der Waals surface area (Å²) >= 11 is 0. The van der Waals surface area contributed by atoms with E-state index >= 15 is 0 Å². The lowest BCUT2D eigenvalue weighted by Crippen LogP contribution is -2.54. The minimum Gasteiger partial charge on any atom is -0.378 e. The minimum absolute atomic E-state index is 0.135. The second kappa shape index (κ2) is 11.1. The fraction of sp³-hybridized carbons (Fsp3) is 0.941. The molecular weight excluding hydrogens is 324 g/mol. The second-order valence-corrected chi connectivity index (χ2v) is 8.06. The van der Waals surface area contributed by atoms with Gasteiger partial charge in [-0.2, -0.15) is 0 Å². The van der Waals surface area contributed by atoms with E-state index in [4.69, 9.17) is 15.2 Å². The van der Waals surface area contributed by atoms with Gasteiger partial charge < -0.3 is 20.3 Å². The Balaban J connectivity index is 4.79. The van der Waals surface area contributed by atoms with Gasteiger partial charge in [0.25, 0.3) is 5.91 Å². The normalized spacial score (nSPS) is 16.4. The Bertz CT molecular complexity index is 380. The first-order chi connectivity index (χ1) is 11.4. The highest BCUT2D eigenvalue weighted by molar-refractivity contribution is 5.81. The second-order valence-electron chi connectivity index (χ2n) is 8.06. The number of rotatable bonds is 11. The maximum Gasteiger partial charge on any atom is 0.253 e. The van der Waals surface area contributed by atoms with Crippen molar-refractivity contribution in [3.63, 3.8) is 0 Å². The Morgan fingerprint density at radius 1 is 1.16 bits per heavy atom. The van der Waals surface area contributed by atoms with E-state index in [0.29, 0.717) is 19.4 Å². The minimum atomic E-state index is -0.921. The Morgan fingerprint density at radius 2 is 1.76 bits per heavy atom. The predicted molar refractivity (Wildman–Crippen MR) is 98.8 cm³/mol. The Hall–Kier alpha value is -0.770. The molecule has 0 saturated heterocycles. The lowest BCUT2D eigenvalue weighted by Gasteiger charge is -2.31. The molecule has 25 heavy (non-hydrogen) atoms. The number of carbonyl (C=O) groups excluding carboxylic acids is 1. The van der Waals surface area contributed by atoms with Crippen LogP contribution in [-0.2, 0) is 14.3 Å². The van der Waals surface area contributed by atoms with Crippen LogP contribution in [-0.4, -0.2) is 60.8 Å². The van der Waals surface area contributed by atoms with Gasteiger partial charge in [0.2, 0.25) is 0 Å². The molecule has 6 N–H and O–H groups in total. The molecule has 0 aromatic rings. The van der Waals surface area contributed by atoms with Gasteiger partial charge in [0.05, 0.1) is 23.9 Å². The molecule has 0 aliphatic carbocycles. The van der Waals surface area contributed by atoms with E-state index in [0.717, 1.165) is 0 Å². The number of nitrogens with one attached hydrogen (secondary N) is 3. The summed E-state index contributed by atoms with van der Waals surface area (Å²) in [5.74, 6) is -0.307. The van der Waals surface area contributed by atoms with Crippen molar-refractivity contribution >= 4 is 5.91 Å². The predicted octanol–water partition coefficient (Wildman–Crippen LogP) is 0.251. The van der Waals surface area contributed by atoms with Crippen LogP contribution in [0.5, 0.6) is 0 Å². The summed E-state index contributed by atoms with van der Waals surface area (Å²) in [5, 5.41) is 13.3. The number of aliphatic hydroxyl groups is 1. The number of ether oxygens (including phenoxy) is 2. The highest BCUT2D eigenvalue weighted by Crippen LogP contribution is 2.16. The van der Waals surface area contributed by atoms with E-state index in [1.165, 1.54) is 0 Å². The molecule has 0 saturated carbocycles. The highest BCUT2D eigenvalue weighted by atomic mass is 16.5. The monoisotopic (exact) mass is 362 g/mol. The van der Waals surface area contributed by atoms with Crippen LogP contribution < -0.4 is 21.9 Å². The quantitative estimate of drug-likeness (QED) is 0.264. The van der Waals surface area contributed by atoms with Crippen molar-refractivity contribution in [3.05, 3.63) is 0 Å². The Labute approximate surface area is 152 Å². The van der Waals surface area contributed by atoms with Crippen LogP contribution in [0.3, 0.4) is 0 Å². The van der Waals surface area contributed by atoms with Crippen LogP contribution in [0.4, 0.5) is 0 Å². The number of hydrazine groups is 1. The van der Waals surface area contributed by atoms with Gasteiger partial charge in [-0.25, -0.2) is 5.43 Å². The fourth-order valence-corrected chi connectivity index (χ4v) is 2.20. The van der Waals surface area contributed by atoms with Crippen molar-refractivity contribution < 1.29 is 19.4 Å². The van der Waals surface area contributed by atoms with Gasteiger partial charge in [-0.1, -0.05) is 0 Å². The zero-order valence-corrected chi connectivity index (χ0v) is 16.8. The summed E-state index contributed by atoms with van der Waals surface area (Å²) in [7, 11) is 1.60. The molecule has 0 bridgehead atoms. The molecule has 0 aliphatic heterocycles. The standard InChI is InChI=1S/C17H38N4O4/c1-16(2,3)24-11-13(15(23)21-19-7)20-14(22)10-12(8-9-18)25-17(4,5)6/h12-14,19-20,22H,8-11,18H2,1-7H3,(H,21,23)/t12?,13-,14?/m0/s1. The van der Waals surface area contributed by atoms with E-state index in [2.05, 4.69) is 16.2 Å². The number of nitrogens with two attached hydrogens (primary N) is 1. The van der Waals surface area contributed by atoms with Crippen LogP contribution in [0.25, 0.3) is 0 Å². The van der Waals surface area contributed by atoms with Gasteiger partial charge in [-0.05, 0) is 54.5 Å². The van der Waals surface area contributed by atoms with Gasteiger partial charge in [0.15, 0.2) is 0 Å². The summed E-state index contributed by atoms with van der Waals surface area (Å²) in [6.07, 6.45) is -0.172. The molecule has 0 rings (SSSR count). The van der Waals surface area contributed by atoms with Crippen LogP contribution in [0.15, 0.2) is 0 Å². The maximum atomic E-state index is 12.2. The van der Waals surface area contributed by atoms with Crippen LogP contribution in [0.1, 0.15) is 54.4 Å². The third-order valence-electron chi connectivity index (χ3n) is 3.14. The molecule has 8 heteroatoms. The van der Waals surface area contributed by atoms with Gasteiger partial charge in [0.1, 0.15) is 12.3 Å². The lowest BCUT2D eigenvalue weighted by atomic mass is 10.1. The zero-order valence-electron chi connectivity index (χ0n) is 16.8. The number of carbonyl (C=O) groups is 1.